The number of hydrogen-bond donors (Lipinski definition) is 2. The van der Waals surface area contributed by atoms with Crippen molar-refractivity contribution in [3.05, 3.63) is 30.3 Å². The van der Waals surface area contributed by atoms with Gasteiger partial charge in [-0.05, 0) is 32.9 Å². The van der Waals surface area contributed by atoms with Gasteiger partial charge < -0.3 is 20.3 Å². The molecule has 1 atom stereocenters. The van der Waals surface area contributed by atoms with Gasteiger partial charge in [-0.25, -0.2) is 4.79 Å². The number of hydrogen-bond acceptors (Lipinski definition) is 4. The second-order valence-corrected chi connectivity index (χ2v) is 7.00. The van der Waals surface area contributed by atoms with E-state index in [0.717, 1.165) is 0 Å². The van der Waals surface area contributed by atoms with Gasteiger partial charge in [0.05, 0.1) is 5.92 Å². The van der Waals surface area contributed by atoms with Gasteiger partial charge in [0.1, 0.15) is 5.75 Å². The Morgan fingerprint density at radius 2 is 1.80 bits per heavy atom. The van der Waals surface area contributed by atoms with E-state index in [1.165, 1.54) is 0 Å². The third-order valence-electron chi connectivity index (χ3n) is 3.95. The molecule has 2 N–H and O–H groups in total. The van der Waals surface area contributed by atoms with Crippen LogP contribution in [0.1, 0.15) is 27.2 Å². The van der Waals surface area contributed by atoms with Crippen molar-refractivity contribution in [1.29, 1.82) is 0 Å². The summed E-state index contributed by atoms with van der Waals surface area (Å²) in [6.45, 7) is 6.82. The first-order valence-corrected chi connectivity index (χ1v) is 8.36. The summed E-state index contributed by atoms with van der Waals surface area (Å²) in [6.07, 6.45) is -0.345. The highest BCUT2D eigenvalue weighted by Crippen LogP contribution is 2.25. The molecule has 1 aliphatic rings. The van der Waals surface area contributed by atoms with Crippen LogP contribution in [0.25, 0.3) is 0 Å². The van der Waals surface area contributed by atoms with E-state index in [2.05, 4.69) is 10.6 Å². The minimum absolute atomic E-state index is 0.00258. The van der Waals surface area contributed by atoms with Crippen LogP contribution in [0.3, 0.4) is 0 Å². The van der Waals surface area contributed by atoms with Crippen molar-refractivity contribution in [2.75, 3.05) is 19.6 Å². The highest BCUT2D eigenvalue weighted by atomic mass is 16.6. The van der Waals surface area contributed by atoms with E-state index >= 15 is 0 Å². The van der Waals surface area contributed by atoms with Gasteiger partial charge >= 0.3 is 6.09 Å². The van der Waals surface area contributed by atoms with Crippen molar-refractivity contribution in [3.8, 4) is 5.75 Å². The highest BCUT2D eigenvalue weighted by Gasteiger charge is 2.39. The molecule has 0 bridgehead atoms. The van der Waals surface area contributed by atoms with E-state index < -0.39 is 6.09 Å². The smallest absolute Gasteiger partial charge is 0.410 e. The second-order valence-electron chi connectivity index (χ2n) is 7.00. The van der Waals surface area contributed by atoms with Crippen molar-refractivity contribution in [2.24, 2.45) is 5.92 Å². The summed E-state index contributed by atoms with van der Waals surface area (Å²) in [7, 11) is 0. The van der Waals surface area contributed by atoms with E-state index in [1.54, 1.807) is 29.2 Å². The maximum atomic E-state index is 12.2. The summed E-state index contributed by atoms with van der Waals surface area (Å²) in [4.78, 5) is 37.5. The number of likely N-dealkylation sites (tertiary alicyclic amines) is 1. The molecule has 1 heterocycles. The average molecular weight is 347 g/mol. The van der Waals surface area contributed by atoms with E-state index in [4.69, 9.17) is 4.74 Å². The molecule has 2 rings (SSSR count). The summed E-state index contributed by atoms with van der Waals surface area (Å²) < 4.78 is 5.07. The summed E-state index contributed by atoms with van der Waals surface area (Å²) in [5, 5.41) is 5.31. The normalized spacial score (nSPS) is 17.3. The Kier molecular flexibility index (Phi) is 6.01. The lowest BCUT2D eigenvalue weighted by Gasteiger charge is -2.31. The molecule has 1 unspecified atom stereocenters. The van der Waals surface area contributed by atoms with Crippen molar-refractivity contribution < 1.29 is 19.1 Å². The maximum Gasteiger partial charge on any atom is 0.412 e. The van der Waals surface area contributed by atoms with Gasteiger partial charge in [-0.1, -0.05) is 18.2 Å². The number of ether oxygens (including phenoxy) is 1. The molecule has 3 amide bonds. The van der Waals surface area contributed by atoms with Crippen molar-refractivity contribution in [1.82, 2.24) is 15.5 Å². The van der Waals surface area contributed by atoms with E-state index in [1.807, 2.05) is 26.8 Å². The Labute approximate surface area is 147 Å². The Morgan fingerprint density at radius 3 is 2.40 bits per heavy atom. The maximum absolute atomic E-state index is 12.2. The molecule has 0 aromatic heterocycles. The number of carbonyl (C=O) groups is 3. The first-order valence-electron chi connectivity index (χ1n) is 8.36. The van der Waals surface area contributed by atoms with E-state index in [9.17, 15) is 14.4 Å². The molecule has 25 heavy (non-hydrogen) atoms. The zero-order chi connectivity index (χ0) is 18.4. The lowest BCUT2D eigenvalue weighted by atomic mass is 10.1. The fraction of sp³-hybridized carbons (Fsp3) is 0.500. The molecular weight excluding hydrogens is 322 g/mol. The second kappa shape index (κ2) is 8.00. The molecular formula is C18H25N3O4. The van der Waals surface area contributed by atoms with Crippen LogP contribution < -0.4 is 15.4 Å². The Balaban J connectivity index is 1.67. The Bertz CT molecular complexity index is 625. The lowest BCUT2D eigenvalue weighted by Crippen LogP contribution is -2.43. The molecule has 0 spiro atoms. The summed E-state index contributed by atoms with van der Waals surface area (Å²) in [5.41, 5.74) is -0.283. The van der Waals surface area contributed by atoms with Crippen LogP contribution in [0.4, 0.5) is 4.79 Å². The lowest BCUT2D eigenvalue weighted by molar-refractivity contribution is -0.132. The zero-order valence-electron chi connectivity index (χ0n) is 14.9. The topological polar surface area (TPSA) is 87.7 Å². The predicted molar refractivity (Wildman–Crippen MR) is 93.1 cm³/mol. The van der Waals surface area contributed by atoms with Gasteiger partial charge in [-0.2, -0.15) is 0 Å². The average Bonchev–Trinajstić information content (AvgIpc) is 2.94. The van der Waals surface area contributed by atoms with Crippen molar-refractivity contribution in [3.63, 3.8) is 0 Å². The van der Waals surface area contributed by atoms with Gasteiger partial charge in [0.2, 0.25) is 11.8 Å². The molecule has 1 saturated heterocycles. The van der Waals surface area contributed by atoms with Gasteiger partial charge in [0.15, 0.2) is 0 Å². The van der Waals surface area contributed by atoms with Crippen LogP contribution in [0, 0.1) is 5.92 Å². The fourth-order valence-electron chi connectivity index (χ4n) is 2.66. The number of rotatable bonds is 5. The summed E-state index contributed by atoms with van der Waals surface area (Å²) >= 11 is 0. The quantitative estimate of drug-likeness (QED) is 0.791. The number of nitrogens with zero attached hydrogens (tertiary/aromatic N) is 1. The molecule has 7 nitrogen and oxygen atoms in total. The zero-order valence-corrected chi connectivity index (χ0v) is 14.9. The Hall–Kier alpha value is -2.57. The first kappa shape index (κ1) is 18.8. The number of carbonyl (C=O) groups excluding carboxylic acids is 3. The molecule has 1 aromatic carbocycles. The molecule has 0 saturated carbocycles. The molecule has 1 aliphatic heterocycles. The highest BCUT2D eigenvalue weighted by molar-refractivity contribution is 5.89. The first-order chi connectivity index (χ1) is 11.8. The third-order valence-corrected chi connectivity index (χ3v) is 3.95. The number of amides is 3. The SMILES string of the molecule is CC(C)(C)N1CC(C(=O)NCCNC(=O)Oc2ccccc2)CC1=O. The minimum atomic E-state index is -0.574. The molecule has 7 heteroatoms. The molecule has 136 valence electrons. The van der Waals surface area contributed by atoms with E-state index in [-0.39, 0.29) is 42.8 Å². The number of benzene rings is 1. The van der Waals surface area contributed by atoms with Crippen LogP contribution in [-0.4, -0.2) is 48.0 Å². The van der Waals surface area contributed by atoms with Crippen molar-refractivity contribution in [2.45, 2.75) is 32.7 Å². The molecule has 0 aliphatic carbocycles. The summed E-state index contributed by atoms with van der Waals surface area (Å²) in [5.74, 6) is -0.0608. The van der Waals surface area contributed by atoms with Gasteiger partial charge in [0, 0.05) is 31.6 Å². The largest absolute Gasteiger partial charge is 0.412 e. The van der Waals surface area contributed by atoms with Crippen molar-refractivity contribution >= 4 is 17.9 Å². The van der Waals surface area contributed by atoms with Crippen LogP contribution in [0.15, 0.2) is 30.3 Å². The van der Waals surface area contributed by atoms with Gasteiger partial charge in [0.25, 0.3) is 0 Å². The van der Waals surface area contributed by atoms with Crippen LogP contribution in [0.2, 0.25) is 0 Å². The predicted octanol–water partition coefficient (Wildman–Crippen LogP) is 1.54. The standard InChI is InChI=1S/C18H25N3O4/c1-18(2,3)21-12-13(11-15(21)22)16(23)19-9-10-20-17(24)25-14-7-5-4-6-8-14/h4-8,13H,9-12H2,1-3H3,(H,19,23)(H,20,24). The number of nitrogens with one attached hydrogen (secondary N) is 2. The number of para-hydroxylation sites is 1. The van der Waals surface area contributed by atoms with Crippen LogP contribution >= 0.6 is 0 Å². The third kappa shape index (κ3) is 5.48. The molecule has 0 radical (unpaired) electrons. The molecule has 1 aromatic rings. The van der Waals surface area contributed by atoms with Crippen LogP contribution in [0.5, 0.6) is 5.75 Å². The van der Waals surface area contributed by atoms with Gasteiger partial charge in [-0.3, -0.25) is 9.59 Å². The van der Waals surface area contributed by atoms with Gasteiger partial charge in [-0.15, -0.1) is 0 Å². The van der Waals surface area contributed by atoms with Crippen LogP contribution in [-0.2, 0) is 9.59 Å². The Morgan fingerprint density at radius 1 is 1.16 bits per heavy atom. The molecule has 1 fully saturated rings. The minimum Gasteiger partial charge on any atom is -0.410 e. The summed E-state index contributed by atoms with van der Waals surface area (Å²) in [6, 6.07) is 8.73. The monoisotopic (exact) mass is 347 g/mol. The fourth-order valence-corrected chi connectivity index (χ4v) is 2.66. The van der Waals surface area contributed by atoms with E-state index in [0.29, 0.717) is 12.3 Å².